The number of ether oxygens (including phenoxy) is 1. The van der Waals surface area contributed by atoms with Crippen LogP contribution in [0.25, 0.3) is 6.08 Å². The van der Waals surface area contributed by atoms with Crippen LogP contribution in [0.3, 0.4) is 0 Å². The highest BCUT2D eigenvalue weighted by molar-refractivity contribution is 14.1. The summed E-state index contributed by atoms with van der Waals surface area (Å²) in [6.07, 6.45) is 3.25. The van der Waals surface area contributed by atoms with Gasteiger partial charge in [0.05, 0.1) is 7.14 Å². The molecule has 0 aromatic heterocycles. The quantitative estimate of drug-likeness (QED) is 0.209. The molecule has 1 amide bonds. The SMILES string of the molecule is O=C(O)[C@@H]1Cc2cc(I)c(OCc3ccc(Cl)cc3Cl)c(I)c2CN1C(=O)/C=C/c1ccc(Cl)cc1. The molecule has 0 fully saturated rings. The first-order valence-corrected chi connectivity index (χ1v) is 14.0. The van der Waals surface area contributed by atoms with Crippen molar-refractivity contribution in [3.63, 3.8) is 0 Å². The maximum Gasteiger partial charge on any atom is 0.326 e. The van der Waals surface area contributed by atoms with Crippen LogP contribution in [0.2, 0.25) is 15.1 Å². The van der Waals surface area contributed by atoms with Gasteiger partial charge in [0.15, 0.2) is 0 Å². The van der Waals surface area contributed by atoms with Crippen molar-refractivity contribution in [3.05, 3.63) is 99.1 Å². The molecule has 5 nitrogen and oxygen atoms in total. The van der Waals surface area contributed by atoms with Crippen molar-refractivity contribution in [1.29, 1.82) is 0 Å². The highest BCUT2D eigenvalue weighted by Gasteiger charge is 2.35. The van der Waals surface area contributed by atoms with E-state index < -0.39 is 12.0 Å². The van der Waals surface area contributed by atoms with Crippen molar-refractivity contribution >= 4 is 97.9 Å². The minimum Gasteiger partial charge on any atom is -0.487 e. The van der Waals surface area contributed by atoms with Gasteiger partial charge in [0.25, 0.3) is 0 Å². The van der Waals surface area contributed by atoms with Gasteiger partial charge in [-0.15, -0.1) is 0 Å². The standard InChI is InChI=1S/C26H18Cl3I2NO4/c27-17-5-1-14(2-6-17)3-8-23(33)32-12-19-16(10-22(32)26(34)35)9-21(30)25(24(19)31)36-13-15-4-7-18(28)11-20(15)29/h1-9,11,22H,10,12-13H2,(H,34,35)/b8-3+/t22-/m0/s1. The van der Waals surface area contributed by atoms with Gasteiger partial charge in [-0.05, 0) is 98.3 Å². The lowest BCUT2D eigenvalue weighted by molar-refractivity contribution is -0.149. The summed E-state index contributed by atoms with van der Waals surface area (Å²) in [4.78, 5) is 26.5. The first-order valence-electron chi connectivity index (χ1n) is 10.7. The largest absolute Gasteiger partial charge is 0.487 e. The molecular weight excluding hydrogens is 750 g/mol. The zero-order valence-electron chi connectivity index (χ0n) is 18.5. The van der Waals surface area contributed by atoms with Crippen molar-refractivity contribution < 1.29 is 19.4 Å². The zero-order chi connectivity index (χ0) is 26.0. The Bertz CT molecular complexity index is 1360. The minimum absolute atomic E-state index is 0.156. The Balaban J connectivity index is 1.60. The molecule has 0 unspecified atom stereocenters. The van der Waals surface area contributed by atoms with Crippen LogP contribution < -0.4 is 4.74 Å². The molecule has 1 N–H and O–H groups in total. The number of amides is 1. The molecule has 1 aliphatic heterocycles. The van der Waals surface area contributed by atoms with E-state index in [4.69, 9.17) is 39.5 Å². The van der Waals surface area contributed by atoms with E-state index in [1.807, 2.05) is 12.1 Å². The van der Waals surface area contributed by atoms with E-state index in [1.165, 1.54) is 11.0 Å². The van der Waals surface area contributed by atoms with Gasteiger partial charge in [-0.2, -0.15) is 0 Å². The normalized spacial score (nSPS) is 15.1. The fourth-order valence-electron chi connectivity index (χ4n) is 3.85. The fourth-order valence-corrected chi connectivity index (χ4v) is 6.72. The van der Waals surface area contributed by atoms with Crippen LogP contribution in [-0.4, -0.2) is 27.9 Å². The molecule has 1 heterocycles. The van der Waals surface area contributed by atoms with Crippen molar-refractivity contribution in [2.24, 2.45) is 0 Å². The van der Waals surface area contributed by atoms with Crippen LogP contribution in [-0.2, 0) is 29.2 Å². The Kier molecular flexibility index (Phi) is 9.09. The van der Waals surface area contributed by atoms with Crippen molar-refractivity contribution in [3.8, 4) is 5.75 Å². The molecule has 0 bridgehead atoms. The molecule has 0 spiro atoms. The van der Waals surface area contributed by atoms with Gasteiger partial charge in [-0.1, -0.05) is 53.0 Å². The van der Waals surface area contributed by atoms with Crippen molar-refractivity contribution in [1.82, 2.24) is 4.90 Å². The third-order valence-electron chi connectivity index (χ3n) is 5.73. The molecule has 0 aliphatic carbocycles. The number of halogens is 5. The summed E-state index contributed by atoms with van der Waals surface area (Å²) in [6, 6.07) is 13.2. The lowest BCUT2D eigenvalue weighted by Crippen LogP contribution is -2.48. The number of carbonyl (C=O) groups excluding carboxylic acids is 1. The topological polar surface area (TPSA) is 66.8 Å². The van der Waals surface area contributed by atoms with Crippen LogP contribution in [0.1, 0.15) is 22.3 Å². The molecule has 4 rings (SSSR count). The number of hydrogen-bond acceptors (Lipinski definition) is 3. The molecule has 186 valence electrons. The molecule has 3 aromatic rings. The highest BCUT2D eigenvalue weighted by Crippen LogP contribution is 2.38. The van der Waals surface area contributed by atoms with Gasteiger partial charge in [0, 0.05) is 39.7 Å². The number of carboxylic acids is 1. The molecule has 10 heteroatoms. The van der Waals surface area contributed by atoms with Crippen LogP contribution in [0.4, 0.5) is 0 Å². The first kappa shape index (κ1) is 27.5. The Morgan fingerprint density at radius 2 is 1.75 bits per heavy atom. The summed E-state index contributed by atoms with van der Waals surface area (Å²) in [5.74, 6) is -0.761. The van der Waals surface area contributed by atoms with Crippen molar-refractivity contribution in [2.45, 2.75) is 25.6 Å². The van der Waals surface area contributed by atoms with Crippen LogP contribution in [0.15, 0.2) is 54.6 Å². The number of hydrogen-bond donors (Lipinski definition) is 1. The van der Waals surface area contributed by atoms with E-state index in [9.17, 15) is 14.7 Å². The molecule has 1 aliphatic rings. The Morgan fingerprint density at radius 3 is 2.42 bits per heavy atom. The summed E-state index contributed by atoms with van der Waals surface area (Å²) in [5, 5.41) is 11.5. The van der Waals surface area contributed by atoms with Crippen LogP contribution >= 0.6 is 80.0 Å². The van der Waals surface area contributed by atoms with Gasteiger partial charge >= 0.3 is 5.97 Å². The Hall–Kier alpha value is -1.53. The van der Waals surface area contributed by atoms with E-state index in [-0.39, 0.29) is 25.5 Å². The molecule has 0 saturated heterocycles. The number of nitrogens with zero attached hydrogens (tertiary/aromatic N) is 1. The van der Waals surface area contributed by atoms with E-state index >= 15 is 0 Å². The second-order valence-electron chi connectivity index (χ2n) is 8.07. The third kappa shape index (κ3) is 6.30. The second-order valence-corrected chi connectivity index (χ2v) is 11.6. The zero-order valence-corrected chi connectivity index (χ0v) is 25.1. The van der Waals surface area contributed by atoms with E-state index in [0.29, 0.717) is 20.8 Å². The predicted octanol–water partition coefficient (Wildman–Crippen LogP) is 7.49. The number of rotatable bonds is 6. The highest BCUT2D eigenvalue weighted by atomic mass is 127. The molecule has 36 heavy (non-hydrogen) atoms. The molecular formula is C26H18Cl3I2NO4. The summed E-state index contributed by atoms with van der Waals surface area (Å²) in [6.45, 7) is 0.397. The molecule has 0 saturated carbocycles. The summed E-state index contributed by atoms with van der Waals surface area (Å²) < 4.78 is 7.83. The van der Waals surface area contributed by atoms with E-state index in [0.717, 1.165) is 29.4 Å². The van der Waals surface area contributed by atoms with Crippen LogP contribution in [0.5, 0.6) is 5.75 Å². The van der Waals surface area contributed by atoms with Crippen LogP contribution in [0, 0.1) is 7.14 Å². The number of carboxylic acid groups (broad SMARTS) is 1. The summed E-state index contributed by atoms with van der Waals surface area (Å²) in [5.41, 5.74) is 3.34. The smallest absolute Gasteiger partial charge is 0.326 e. The summed E-state index contributed by atoms with van der Waals surface area (Å²) >= 11 is 22.6. The molecule has 3 aromatic carbocycles. The average molecular weight is 769 g/mol. The number of fused-ring (bicyclic) bond motifs is 1. The Morgan fingerprint density at radius 1 is 1.06 bits per heavy atom. The van der Waals surface area contributed by atoms with E-state index in [2.05, 4.69) is 45.2 Å². The van der Waals surface area contributed by atoms with Gasteiger partial charge in [0.1, 0.15) is 18.4 Å². The average Bonchev–Trinajstić information content (AvgIpc) is 2.83. The van der Waals surface area contributed by atoms with Gasteiger partial charge in [-0.3, -0.25) is 4.79 Å². The monoisotopic (exact) mass is 767 g/mol. The Labute approximate surface area is 250 Å². The third-order valence-corrected chi connectivity index (χ3v) is 8.51. The van der Waals surface area contributed by atoms with E-state index in [1.54, 1.807) is 42.5 Å². The maximum atomic E-state index is 13.1. The minimum atomic E-state index is -1.04. The van der Waals surface area contributed by atoms with Gasteiger partial charge < -0.3 is 14.7 Å². The fraction of sp³-hybridized carbons (Fsp3) is 0.154. The molecule has 0 radical (unpaired) electrons. The van der Waals surface area contributed by atoms with Crippen molar-refractivity contribution in [2.75, 3.05) is 0 Å². The predicted molar refractivity (Wildman–Crippen MR) is 159 cm³/mol. The lowest BCUT2D eigenvalue weighted by atomic mass is 9.93. The summed E-state index contributed by atoms with van der Waals surface area (Å²) in [7, 11) is 0. The maximum absolute atomic E-state index is 13.1. The number of aliphatic carboxylic acids is 1. The first-order chi connectivity index (χ1) is 17.1. The van der Waals surface area contributed by atoms with Gasteiger partial charge in [0.2, 0.25) is 5.91 Å². The van der Waals surface area contributed by atoms with Gasteiger partial charge in [-0.25, -0.2) is 4.79 Å². The lowest BCUT2D eigenvalue weighted by Gasteiger charge is -2.35. The number of benzene rings is 3. The number of carbonyl (C=O) groups is 2. The second kappa shape index (κ2) is 11.9. The molecule has 1 atom stereocenters.